The molecule has 0 fully saturated rings. The summed E-state index contributed by atoms with van der Waals surface area (Å²) >= 11 is 1.69. The van der Waals surface area contributed by atoms with E-state index >= 15 is 0 Å². The van der Waals surface area contributed by atoms with Gasteiger partial charge in [-0.3, -0.25) is 9.78 Å². The molecule has 4 heteroatoms. The summed E-state index contributed by atoms with van der Waals surface area (Å²) in [5, 5.41) is 0. The fraction of sp³-hybridized carbons (Fsp3) is 0.333. The van der Waals surface area contributed by atoms with E-state index < -0.39 is 0 Å². The van der Waals surface area contributed by atoms with E-state index in [0.29, 0.717) is 13.0 Å². The van der Waals surface area contributed by atoms with Gasteiger partial charge in [0.05, 0.1) is 6.42 Å². The number of hydrogen-bond donors (Lipinski definition) is 0. The van der Waals surface area contributed by atoms with Crippen molar-refractivity contribution in [3.05, 3.63) is 52.0 Å². The zero-order valence-corrected chi connectivity index (χ0v) is 12.1. The third-order valence-electron chi connectivity index (χ3n) is 2.98. The zero-order valence-electron chi connectivity index (χ0n) is 11.3. The van der Waals surface area contributed by atoms with Crippen LogP contribution in [0.25, 0.3) is 0 Å². The maximum absolute atomic E-state index is 12.1. The molecule has 19 heavy (non-hydrogen) atoms. The van der Waals surface area contributed by atoms with Crippen molar-refractivity contribution in [3.8, 4) is 0 Å². The Morgan fingerprint density at radius 1 is 1.32 bits per heavy atom. The molecule has 0 bridgehead atoms. The molecule has 0 spiro atoms. The third-order valence-corrected chi connectivity index (χ3v) is 3.98. The maximum Gasteiger partial charge on any atom is 0.227 e. The first-order valence-corrected chi connectivity index (χ1v) is 7.16. The molecule has 0 radical (unpaired) electrons. The number of carbonyl (C=O) groups excluding carboxylic acids is 1. The van der Waals surface area contributed by atoms with Crippen LogP contribution in [-0.4, -0.2) is 29.4 Å². The van der Waals surface area contributed by atoms with Crippen LogP contribution in [0, 0.1) is 6.92 Å². The summed E-state index contributed by atoms with van der Waals surface area (Å²) < 4.78 is 0. The van der Waals surface area contributed by atoms with Crippen LogP contribution in [-0.2, 0) is 17.6 Å². The number of aromatic nitrogens is 1. The molecule has 0 saturated carbocycles. The van der Waals surface area contributed by atoms with E-state index in [1.807, 2.05) is 31.3 Å². The van der Waals surface area contributed by atoms with Crippen LogP contribution >= 0.6 is 11.3 Å². The first-order valence-electron chi connectivity index (χ1n) is 6.34. The summed E-state index contributed by atoms with van der Waals surface area (Å²) in [5.74, 6) is 0.165. The van der Waals surface area contributed by atoms with E-state index in [-0.39, 0.29) is 5.91 Å². The van der Waals surface area contributed by atoms with Gasteiger partial charge in [0.15, 0.2) is 0 Å². The minimum absolute atomic E-state index is 0.165. The van der Waals surface area contributed by atoms with Gasteiger partial charge in [-0.2, -0.15) is 0 Å². The molecule has 2 aromatic rings. The Balaban J connectivity index is 1.82. The quantitative estimate of drug-likeness (QED) is 0.840. The molecule has 3 nitrogen and oxygen atoms in total. The first kappa shape index (κ1) is 13.7. The van der Waals surface area contributed by atoms with Gasteiger partial charge in [0.25, 0.3) is 0 Å². The predicted octanol–water partition coefficient (Wildman–Crippen LogP) is 2.70. The molecule has 2 rings (SSSR count). The molecule has 2 aromatic heterocycles. The van der Waals surface area contributed by atoms with Crippen LogP contribution in [0.5, 0.6) is 0 Å². The number of thiophene rings is 1. The molecule has 0 aliphatic carbocycles. The van der Waals surface area contributed by atoms with Crippen molar-refractivity contribution in [2.45, 2.75) is 19.8 Å². The summed E-state index contributed by atoms with van der Waals surface area (Å²) in [4.78, 5) is 20.5. The second kappa shape index (κ2) is 6.48. The number of carbonyl (C=O) groups is 1. The molecule has 0 aliphatic rings. The lowest BCUT2D eigenvalue weighted by atomic mass is 10.2. The first-order chi connectivity index (χ1) is 9.15. The third kappa shape index (κ3) is 4.17. The molecule has 100 valence electrons. The number of rotatable bonds is 5. The fourth-order valence-corrected chi connectivity index (χ4v) is 2.70. The van der Waals surface area contributed by atoms with Gasteiger partial charge in [-0.25, -0.2) is 0 Å². The smallest absolute Gasteiger partial charge is 0.227 e. The highest BCUT2D eigenvalue weighted by Gasteiger charge is 2.10. The molecule has 0 aromatic carbocycles. The van der Waals surface area contributed by atoms with Crippen LogP contribution < -0.4 is 0 Å². The molecule has 2 heterocycles. The van der Waals surface area contributed by atoms with Crippen LogP contribution in [0.15, 0.2) is 36.5 Å². The van der Waals surface area contributed by atoms with Crippen LogP contribution in [0.4, 0.5) is 0 Å². The second-order valence-electron chi connectivity index (χ2n) is 4.58. The van der Waals surface area contributed by atoms with E-state index in [2.05, 4.69) is 18.0 Å². The van der Waals surface area contributed by atoms with Gasteiger partial charge in [0, 0.05) is 41.7 Å². The number of amides is 1. The Morgan fingerprint density at radius 3 is 2.79 bits per heavy atom. The highest BCUT2D eigenvalue weighted by Crippen LogP contribution is 2.16. The predicted molar refractivity (Wildman–Crippen MR) is 78.3 cm³/mol. The summed E-state index contributed by atoms with van der Waals surface area (Å²) in [5.41, 5.74) is 1.02. The zero-order chi connectivity index (χ0) is 13.7. The lowest BCUT2D eigenvalue weighted by Crippen LogP contribution is -2.30. The molecular formula is C15H18N2OS. The van der Waals surface area contributed by atoms with Crippen LogP contribution in [0.1, 0.15) is 15.4 Å². The number of pyridine rings is 1. The van der Waals surface area contributed by atoms with Crippen LogP contribution in [0.2, 0.25) is 0 Å². The Bertz CT molecular complexity index is 536. The molecule has 0 N–H and O–H groups in total. The van der Waals surface area contributed by atoms with Gasteiger partial charge in [-0.15, -0.1) is 11.3 Å². The van der Waals surface area contributed by atoms with Crippen LogP contribution in [0.3, 0.4) is 0 Å². The van der Waals surface area contributed by atoms with Crippen molar-refractivity contribution in [1.82, 2.24) is 9.88 Å². The number of aryl methyl sites for hydroxylation is 1. The van der Waals surface area contributed by atoms with Gasteiger partial charge in [0.2, 0.25) is 5.91 Å². The van der Waals surface area contributed by atoms with Gasteiger partial charge >= 0.3 is 0 Å². The lowest BCUT2D eigenvalue weighted by molar-refractivity contribution is -0.129. The van der Waals surface area contributed by atoms with Crippen molar-refractivity contribution in [3.63, 3.8) is 0 Å². The topological polar surface area (TPSA) is 33.2 Å². The molecule has 0 unspecified atom stereocenters. The average Bonchev–Trinajstić information content (AvgIpc) is 2.82. The van der Waals surface area contributed by atoms with E-state index in [0.717, 1.165) is 17.0 Å². The monoisotopic (exact) mass is 274 g/mol. The van der Waals surface area contributed by atoms with Gasteiger partial charge in [-0.05, 0) is 31.2 Å². The minimum Gasteiger partial charge on any atom is -0.345 e. The summed E-state index contributed by atoms with van der Waals surface area (Å²) in [7, 11) is 1.85. The minimum atomic E-state index is 0.165. The Hall–Kier alpha value is -1.68. The van der Waals surface area contributed by atoms with Crippen molar-refractivity contribution in [2.75, 3.05) is 13.6 Å². The molecular weight excluding hydrogens is 256 g/mol. The number of likely N-dealkylation sites (N-methyl/N-ethyl adjacent to an activating group) is 1. The van der Waals surface area contributed by atoms with E-state index in [4.69, 9.17) is 0 Å². The normalized spacial score (nSPS) is 10.4. The Labute approximate surface area is 117 Å². The molecule has 0 atom stereocenters. The Kier molecular flexibility index (Phi) is 4.68. The van der Waals surface area contributed by atoms with Gasteiger partial charge < -0.3 is 4.90 Å². The Morgan fingerprint density at radius 2 is 2.16 bits per heavy atom. The summed E-state index contributed by atoms with van der Waals surface area (Å²) in [6.45, 7) is 2.77. The molecule has 0 aliphatic heterocycles. The summed E-state index contributed by atoms with van der Waals surface area (Å²) in [6.07, 6.45) is 3.08. The number of nitrogens with zero attached hydrogens (tertiary/aromatic N) is 2. The van der Waals surface area contributed by atoms with E-state index in [1.54, 1.807) is 22.4 Å². The lowest BCUT2D eigenvalue weighted by Gasteiger charge is -2.16. The van der Waals surface area contributed by atoms with Crippen molar-refractivity contribution in [1.29, 1.82) is 0 Å². The highest BCUT2D eigenvalue weighted by molar-refractivity contribution is 7.12. The van der Waals surface area contributed by atoms with Gasteiger partial charge in [0.1, 0.15) is 0 Å². The molecule has 1 amide bonds. The van der Waals surface area contributed by atoms with Crippen molar-refractivity contribution in [2.24, 2.45) is 0 Å². The van der Waals surface area contributed by atoms with Crippen molar-refractivity contribution >= 4 is 17.2 Å². The number of hydrogen-bond acceptors (Lipinski definition) is 3. The maximum atomic E-state index is 12.1. The molecule has 0 saturated heterocycles. The van der Waals surface area contributed by atoms with E-state index in [1.165, 1.54) is 4.88 Å². The highest BCUT2D eigenvalue weighted by atomic mass is 32.1. The summed E-state index contributed by atoms with van der Waals surface area (Å²) in [6, 6.07) is 9.95. The van der Waals surface area contributed by atoms with Crippen molar-refractivity contribution < 1.29 is 4.79 Å². The van der Waals surface area contributed by atoms with Gasteiger partial charge in [-0.1, -0.05) is 6.07 Å². The SMILES string of the molecule is Cc1ccc(CC(=O)N(C)CCc2ccccn2)s1. The average molecular weight is 274 g/mol. The fourth-order valence-electron chi connectivity index (χ4n) is 1.82. The van der Waals surface area contributed by atoms with E-state index in [9.17, 15) is 4.79 Å². The largest absolute Gasteiger partial charge is 0.345 e. The second-order valence-corrected chi connectivity index (χ2v) is 5.95. The standard InChI is InChI=1S/C15H18N2OS/c1-12-6-7-14(19-12)11-15(18)17(2)10-8-13-5-3-4-9-16-13/h3-7,9H,8,10-11H2,1-2H3.